The number of rotatable bonds is 3. The third-order valence-electron chi connectivity index (χ3n) is 2.59. The number of halogens is 3. The van der Waals surface area contributed by atoms with Crippen molar-refractivity contribution in [3.05, 3.63) is 29.6 Å². The van der Waals surface area contributed by atoms with Gasteiger partial charge in [-0.3, -0.25) is 4.79 Å². The molecule has 0 aliphatic heterocycles. The molecule has 102 valence electrons. The molecule has 1 heterocycles. The molecule has 2 rings (SSSR count). The van der Waals surface area contributed by atoms with E-state index < -0.39 is 24.0 Å². The summed E-state index contributed by atoms with van der Waals surface area (Å²) >= 11 is 0. The minimum atomic E-state index is -4.54. The Morgan fingerprint density at radius 2 is 2.16 bits per heavy atom. The van der Waals surface area contributed by atoms with Crippen LogP contribution >= 0.6 is 0 Å². The standard InChI is InChI=1S/C11H10F3N3O2/c12-11(13,14)10-16-7-2-1-5(4-8(7)17-10)3-6(15)9(18)19/h1-2,4,6H,3,15H2,(H,16,17)(H,18,19)/t6-/m0/s1. The molecular weight excluding hydrogens is 263 g/mol. The van der Waals surface area contributed by atoms with E-state index in [0.717, 1.165) is 0 Å². The number of carboxylic acid groups (broad SMARTS) is 1. The summed E-state index contributed by atoms with van der Waals surface area (Å²) in [5, 5.41) is 8.67. The molecule has 0 spiro atoms. The number of nitrogens with zero attached hydrogens (tertiary/aromatic N) is 1. The molecule has 0 saturated carbocycles. The SMILES string of the molecule is N[C@@H](Cc1ccc2nc(C(F)(F)F)[nH]c2c1)C(=O)O. The number of nitrogens with two attached hydrogens (primary N) is 1. The molecule has 2 aromatic rings. The van der Waals surface area contributed by atoms with E-state index >= 15 is 0 Å². The quantitative estimate of drug-likeness (QED) is 0.790. The number of fused-ring (bicyclic) bond motifs is 1. The maximum atomic E-state index is 12.5. The lowest BCUT2D eigenvalue weighted by Gasteiger charge is -2.05. The van der Waals surface area contributed by atoms with Crippen molar-refractivity contribution in [1.29, 1.82) is 0 Å². The summed E-state index contributed by atoms with van der Waals surface area (Å²) < 4.78 is 37.4. The van der Waals surface area contributed by atoms with Crippen LogP contribution in [0.25, 0.3) is 11.0 Å². The second-order valence-corrected chi connectivity index (χ2v) is 4.08. The van der Waals surface area contributed by atoms with Gasteiger partial charge in [0.1, 0.15) is 6.04 Å². The zero-order chi connectivity index (χ0) is 14.2. The molecule has 0 amide bonds. The van der Waals surface area contributed by atoms with Crippen LogP contribution in [0.5, 0.6) is 0 Å². The van der Waals surface area contributed by atoms with E-state index in [-0.39, 0.29) is 17.5 Å². The minimum Gasteiger partial charge on any atom is -0.480 e. The van der Waals surface area contributed by atoms with E-state index in [4.69, 9.17) is 10.8 Å². The molecule has 0 aliphatic carbocycles. The molecular formula is C11H10F3N3O2. The molecule has 1 atom stereocenters. The normalized spacial score (nSPS) is 13.7. The number of H-pyrrole nitrogens is 1. The van der Waals surface area contributed by atoms with Gasteiger partial charge in [0, 0.05) is 0 Å². The maximum Gasteiger partial charge on any atom is 0.449 e. The number of carboxylic acids is 1. The summed E-state index contributed by atoms with van der Waals surface area (Å²) in [6, 6.07) is 3.22. The summed E-state index contributed by atoms with van der Waals surface area (Å²) in [7, 11) is 0. The van der Waals surface area contributed by atoms with Crippen molar-refractivity contribution in [2.24, 2.45) is 5.73 Å². The Morgan fingerprint density at radius 3 is 2.74 bits per heavy atom. The molecule has 0 saturated heterocycles. The largest absolute Gasteiger partial charge is 0.480 e. The van der Waals surface area contributed by atoms with E-state index in [0.29, 0.717) is 5.56 Å². The lowest BCUT2D eigenvalue weighted by Crippen LogP contribution is -2.32. The first-order chi connectivity index (χ1) is 8.77. The van der Waals surface area contributed by atoms with Gasteiger partial charge in [-0.2, -0.15) is 13.2 Å². The minimum absolute atomic E-state index is 0.0334. The Bertz CT molecular complexity index is 621. The number of alkyl halides is 3. The van der Waals surface area contributed by atoms with Crippen LogP contribution in [0.15, 0.2) is 18.2 Å². The van der Waals surface area contributed by atoms with Gasteiger partial charge in [0.2, 0.25) is 5.82 Å². The molecule has 19 heavy (non-hydrogen) atoms. The first kappa shape index (κ1) is 13.3. The van der Waals surface area contributed by atoms with Gasteiger partial charge in [-0.25, -0.2) is 4.98 Å². The third kappa shape index (κ3) is 2.84. The summed E-state index contributed by atoms with van der Waals surface area (Å²) in [5.41, 5.74) is 6.25. The van der Waals surface area contributed by atoms with Crippen LogP contribution in [0, 0.1) is 0 Å². The number of hydrogen-bond donors (Lipinski definition) is 3. The fourth-order valence-electron chi connectivity index (χ4n) is 1.66. The smallest absolute Gasteiger partial charge is 0.449 e. The fourth-order valence-corrected chi connectivity index (χ4v) is 1.66. The van der Waals surface area contributed by atoms with Gasteiger partial charge in [-0.15, -0.1) is 0 Å². The van der Waals surface area contributed by atoms with Gasteiger partial charge in [0.05, 0.1) is 11.0 Å². The van der Waals surface area contributed by atoms with Crippen molar-refractivity contribution in [3.63, 3.8) is 0 Å². The average Bonchev–Trinajstić information content (AvgIpc) is 2.71. The molecule has 4 N–H and O–H groups in total. The number of hydrogen-bond acceptors (Lipinski definition) is 3. The van der Waals surface area contributed by atoms with Crippen molar-refractivity contribution >= 4 is 17.0 Å². The molecule has 1 aromatic carbocycles. The van der Waals surface area contributed by atoms with E-state index in [1.807, 2.05) is 0 Å². The number of carbonyl (C=O) groups is 1. The third-order valence-corrected chi connectivity index (χ3v) is 2.59. The summed E-state index contributed by atoms with van der Waals surface area (Å²) in [6.07, 6.45) is -4.51. The molecule has 0 bridgehead atoms. The van der Waals surface area contributed by atoms with E-state index in [1.165, 1.54) is 18.2 Å². The van der Waals surface area contributed by atoms with Crippen molar-refractivity contribution in [2.45, 2.75) is 18.6 Å². The topological polar surface area (TPSA) is 92.0 Å². The van der Waals surface area contributed by atoms with Gasteiger partial charge < -0.3 is 15.8 Å². The molecule has 0 fully saturated rings. The van der Waals surface area contributed by atoms with Gasteiger partial charge in [0.15, 0.2) is 0 Å². The zero-order valence-electron chi connectivity index (χ0n) is 9.53. The molecule has 1 aromatic heterocycles. The Hall–Kier alpha value is -2.09. The van der Waals surface area contributed by atoms with Crippen LogP contribution in [0.4, 0.5) is 13.2 Å². The monoisotopic (exact) mass is 273 g/mol. The number of aromatic amines is 1. The molecule has 0 radical (unpaired) electrons. The van der Waals surface area contributed by atoms with Gasteiger partial charge >= 0.3 is 12.1 Å². The number of aromatic nitrogens is 2. The van der Waals surface area contributed by atoms with Crippen LogP contribution < -0.4 is 5.73 Å². The highest BCUT2D eigenvalue weighted by Crippen LogP contribution is 2.28. The van der Waals surface area contributed by atoms with E-state index in [9.17, 15) is 18.0 Å². The van der Waals surface area contributed by atoms with E-state index in [2.05, 4.69) is 9.97 Å². The van der Waals surface area contributed by atoms with E-state index in [1.54, 1.807) is 0 Å². The van der Waals surface area contributed by atoms with Gasteiger partial charge in [-0.05, 0) is 24.1 Å². The van der Waals surface area contributed by atoms with Crippen LogP contribution in [-0.4, -0.2) is 27.1 Å². The lowest BCUT2D eigenvalue weighted by molar-refractivity contribution is -0.144. The molecule has 8 heteroatoms. The second-order valence-electron chi connectivity index (χ2n) is 4.08. The highest BCUT2D eigenvalue weighted by Gasteiger charge is 2.34. The van der Waals surface area contributed by atoms with Crippen LogP contribution in [0.1, 0.15) is 11.4 Å². The lowest BCUT2D eigenvalue weighted by atomic mass is 10.1. The highest BCUT2D eigenvalue weighted by molar-refractivity contribution is 5.77. The number of aliphatic carboxylic acids is 1. The zero-order valence-corrected chi connectivity index (χ0v) is 9.53. The predicted octanol–water partition coefficient (Wildman–Crippen LogP) is 1.54. The first-order valence-electron chi connectivity index (χ1n) is 5.31. The Morgan fingerprint density at radius 1 is 1.47 bits per heavy atom. The summed E-state index contributed by atoms with van der Waals surface area (Å²) in [5.74, 6) is -2.25. The Kier molecular flexibility index (Phi) is 3.19. The number of nitrogens with one attached hydrogen (secondary N) is 1. The van der Waals surface area contributed by atoms with Crippen molar-refractivity contribution in [3.8, 4) is 0 Å². The van der Waals surface area contributed by atoms with Crippen molar-refractivity contribution in [1.82, 2.24) is 9.97 Å². The first-order valence-corrected chi connectivity index (χ1v) is 5.31. The predicted molar refractivity (Wildman–Crippen MR) is 60.4 cm³/mol. The Labute approximate surface area is 105 Å². The van der Waals surface area contributed by atoms with Crippen LogP contribution in [0.3, 0.4) is 0 Å². The molecule has 0 aliphatic rings. The van der Waals surface area contributed by atoms with Crippen molar-refractivity contribution in [2.75, 3.05) is 0 Å². The highest BCUT2D eigenvalue weighted by atomic mass is 19.4. The Balaban J connectivity index is 2.33. The van der Waals surface area contributed by atoms with Crippen LogP contribution in [0.2, 0.25) is 0 Å². The number of imidazole rings is 1. The second kappa shape index (κ2) is 4.54. The summed E-state index contributed by atoms with van der Waals surface area (Å²) in [4.78, 5) is 16.2. The fraction of sp³-hybridized carbons (Fsp3) is 0.273. The van der Waals surface area contributed by atoms with Crippen LogP contribution in [-0.2, 0) is 17.4 Å². The number of benzene rings is 1. The van der Waals surface area contributed by atoms with Gasteiger partial charge in [0.25, 0.3) is 0 Å². The molecule has 0 unspecified atom stereocenters. The van der Waals surface area contributed by atoms with Crippen molar-refractivity contribution < 1.29 is 23.1 Å². The summed E-state index contributed by atoms with van der Waals surface area (Å²) in [6.45, 7) is 0. The average molecular weight is 273 g/mol. The molecule has 5 nitrogen and oxygen atoms in total. The maximum absolute atomic E-state index is 12.5. The van der Waals surface area contributed by atoms with Gasteiger partial charge in [-0.1, -0.05) is 6.07 Å².